The van der Waals surface area contributed by atoms with Gasteiger partial charge in [-0.25, -0.2) is 5.43 Å². The third kappa shape index (κ3) is 6.16. The number of nitrogens with one attached hydrogen (secondary N) is 2. The molecule has 2 aromatic rings. The van der Waals surface area contributed by atoms with Crippen LogP contribution in [0.15, 0.2) is 60.2 Å². The Hall–Kier alpha value is -3.32. The number of halogens is 1. The molecule has 7 nitrogen and oxygen atoms in total. The molecule has 2 N–H and O–H groups in total. The van der Waals surface area contributed by atoms with Crippen molar-refractivity contribution >= 4 is 35.3 Å². The molecule has 27 heavy (non-hydrogen) atoms. The van der Waals surface area contributed by atoms with Gasteiger partial charge in [-0.3, -0.25) is 9.59 Å². The lowest BCUT2D eigenvalue weighted by Gasteiger charge is -2.07. The van der Waals surface area contributed by atoms with Crippen LogP contribution in [0.4, 0.5) is 5.69 Å². The third-order valence-corrected chi connectivity index (χ3v) is 3.49. The Labute approximate surface area is 161 Å². The van der Waals surface area contributed by atoms with E-state index in [-0.39, 0.29) is 0 Å². The number of benzene rings is 2. The summed E-state index contributed by atoms with van der Waals surface area (Å²) < 4.78 is 10.5. The first-order chi connectivity index (χ1) is 13.0. The number of ether oxygens (including phenoxy) is 2. The Morgan fingerprint density at radius 2 is 1.93 bits per heavy atom. The summed E-state index contributed by atoms with van der Waals surface area (Å²) in [5.74, 6) is -0.623. The van der Waals surface area contributed by atoms with Gasteiger partial charge in [0.05, 0.1) is 13.3 Å². The molecule has 0 aliphatic carbocycles. The van der Waals surface area contributed by atoms with Crippen LogP contribution in [-0.4, -0.2) is 31.7 Å². The minimum Gasteiger partial charge on any atom is -0.497 e. The zero-order chi connectivity index (χ0) is 19.6. The highest BCUT2D eigenvalue weighted by Gasteiger charge is 2.13. The standard InChI is InChI=1S/C19H18ClN3O4/c1-3-10-27-17-9-4-14(20)11-13(17)12-21-23-19(25)18(24)22-15-5-7-16(26-2)8-6-15/h3-9,11-12H,1,10H2,2H3,(H,22,24)(H,23,25)/b21-12-. The second-order valence-corrected chi connectivity index (χ2v) is 5.60. The Balaban J connectivity index is 1.96. The molecular formula is C19H18ClN3O4. The van der Waals surface area contributed by atoms with E-state index >= 15 is 0 Å². The molecular weight excluding hydrogens is 370 g/mol. The molecule has 0 aromatic heterocycles. The van der Waals surface area contributed by atoms with E-state index in [1.165, 1.54) is 13.3 Å². The molecule has 140 valence electrons. The lowest BCUT2D eigenvalue weighted by atomic mass is 10.2. The van der Waals surface area contributed by atoms with E-state index in [9.17, 15) is 9.59 Å². The predicted octanol–water partition coefficient (Wildman–Crippen LogP) is 3.00. The monoisotopic (exact) mass is 387 g/mol. The van der Waals surface area contributed by atoms with Crippen LogP contribution in [0.5, 0.6) is 11.5 Å². The fourth-order valence-corrected chi connectivity index (χ4v) is 2.15. The van der Waals surface area contributed by atoms with Crippen molar-refractivity contribution in [1.82, 2.24) is 5.43 Å². The van der Waals surface area contributed by atoms with Gasteiger partial charge in [-0.05, 0) is 42.5 Å². The maximum absolute atomic E-state index is 11.9. The molecule has 2 aromatic carbocycles. The highest BCUT2D eigenvalue weighted by Crippen LogP contribution is 2.21. The minimum atomic E-state index is -0.919. The molecule has 0 spiro atoms. The van der Waals surface area contributed by atoms with Crippen LogP contribution in [0.2, 0.25) is 5.02 Å². The van der Waals surface area contributed by atoms with E-state index in [4.69, 9.17) is 21.1 Å². The van der Waals surface area contributed by atoms with Crippen LogP contribution < -0.4 is 20.2 Å². The molecule has 0 atom stereocenters. The maximum Gasteiger partial charge on any atom is 0.329 e. The molecule has 0 bridgehead atoms. The fourth-order valence-electron chi connectivity index (χ4n) is 1.97. The smallest absolute Gasteiger partial charge is 0.329 e. The summed E-state index contributed by atoms with van der Waals surface area (Å²) >= 11 is 5.96. The predicted molar refractivity (Wildman–Crippen MR) is 105 cm³/mol. The van der Waals surface area contributed by atoms with Crippen LogP contribution in [0.3, 0.4) is 0 Å². The van der Waals surface area contributed by atoms with Crippen molar-refractivity contribution in [2.75, 3.05) is 19.0 Å². The zero-order valence-electron chi connectivity index (χ0n) is 14.6. The van der Waals surface area contributed by atoms with Crippen molar-refractivity contribution in [3.63, 3.8) is 0 Å². The molecule has 0 aliphatic heterocycles. The van der Waals surface area contributed by atoms with Crippen molar-refractivity contribution in [1.29, 1.82) is 0 Å². The summed E-state index contributed by atoms with van der Waals surface area (Å²) in [6, 6.07) is 11.5. The number of hydrogen-bond donors (Lipinski definition) is 2. The molecule has 2 rings (SSSR count). The van der Waals surface area contributed by atoms with Crippen molar-refractivity contribution < 1.29 is 19.1 Å². The number of hydrazone groups is 1. The molecule has 0 aliphatic rings. The number of amides is 2. The van der Waals surface area contributed by atoms with Crippen LogP contribution in [0.1, 0.15) is 5.56 Å². The van der Waals surface area contributed by atoms with E-state index in [0.717, 1.165) is 0 Å². The van der Waals surface area contributed by atoms with Gasteiger partial charge in [0, 0.05) is 16.3 Å². The minimum absolute atomic E-state index is 0.305. The normalized spacial score (nSPS) is 10.3. The average molecular weight is 388 g/mol. The number of nitrogens with zero attached hydrogens (tertiary/aromatic N) is 1. The maximum atomic E-state index is 11.9. The van der Waals surface area contributed by atoms with Crippen LogP contribution in [0.25, 0.3) is 0 Å². The van der Waals surface area contributed by atoms with Crippen LogP contribution in [-0.2, 0) is 9.59 Å². The SMILES string of the molecule is C=CCOc1ccc(Cl)cc1/C=N\NC(=O)C(=O)Nc1ccc(OC)cc1. The third-order valence-electron chi connectivity index (χ3n) is 3.25. The lowest BCUT2D eigenvalue weighted by Crippen LogP contribution is -2.32. The summed E-state index contributed by atoms with van der Waals surface area (Å²) in [6.07, 6.45) is 2.93. The largest absolute Gasteiger partial charge is 0.497 e. The van der Waals surface area contributed by atoms with Gasteiger partial charge in [-0.15, -0.1) is 0 Å². The van der Waals surface area contributed by atoms with Gasteiger partial charge in [0.1, 0.15) is 18.1 Å². The van der Waals surface area contributed by atoms with E-state index in [2.05, 4.69) is 22.4 Å². The number of hydrogen-bond acceptors (Lipinski definition) is 5. The molecule has 0 unspecified atom stereocenters. The number of carbonyl (C=O) groups is 2. The quantitative estimate of drug-likeness (QED) is 0.331. The average Bonchev–Trinajstić information content (AvgIpc) is 2.67. The highest BCUT2D eigenvalue weighted by atomic mass is 35.5. The summed E-state index contributed by atoms with van der Waals surface area (Å²) in [5, 5.41) is 6.70. The topological polar surface area (TPSA) is 89.0 Å². The molecule has 2 amide bonds. The number of anilines is 1. The number of methoxy groups -OCH3 is 1. The highest BCUT2D eigenvalue weighted by molar-refractivity contribution is 6.39. The van der Waals surface area contributed by atoms with Gasteiger partial charge >= 0.3 is 11.8 Å². The summed E-state index contributed by atoms with van der Waals surface area (Å²) in [5.41, 5.74) is 3.15. The zero-order valence-corrected chi connectivity index (χ0v) is 15.3. The summed E-state index contributed by atoms with van der Waals surface area (Å²) in [4.78, 5) is 23.7. The number of rotatable bonds is 7. The van der Waals surface area contributed by atoms with Crippen molar-refractivity contribution in [2.45, 2.75) is 0 Å². The van der Waals surface area contributed by atoms with Gasteiger partial charge in [-0.2, -0.15) is 5.10 Å². The number of carbonyl (C=O) groups excluding carboxylic acids is 2. The van der Waals surface area contributed by atoms with Crippen LogP contribution >= 0.6 is 11.6 Å². The van der Waals surface area contributed by atoms with Crippen LogP contribution in [0, 0.1) is 0 Å². The Morgan fingerprint density at radius 1 is 1.19 bits per heavy atom. The summed E-state index contributed by atoms with van der Waals surface area (Å²) in [7, 11) is 1.53. The Bertz CT molecular complexity index is 851. The van der Waals surface area contributed by atoms with Gasteiger partial charge < -0.3 is 14.8 Å². The fraction of sp³-hybridized carbons (Fsp3) is 0.105. The van der Waals surface area contributed by atoms with Crippen molar-refractivity contribution in [3.8, 4) is 11.5 Å². The van der Waals surface area contributed by atoms with E-state index in [1.54, 1.807) is 48.5 Å². The van der Waals surface area contributed by atoms with E-state index < -0.39 is 11.8 Å². The van der Waals surface area contributed by atoms with Gasteiger partial charge in [-0.1, -0.05) is 24.3 Å². The van der Waals surface area contributed by atoms with Gasteiger partial charge in [0.25, 0.3) is 0 Å². The molecule has 0 saturated carbocycles. The second-order valence-electron chi connectivity index (χ2n) is 5.16. The Morgan fingerprint density at radius 3 is 2.59 bits per heavy atom. The Kier molecular flexibility index (Phi) is 7.39. The molecule has 0 radical (unpaired) electrons. The van der Waals surface area contributed by atoms with E-state index in [0.29, 0.717) is 34.4 Å². The van der Waals surface area contributed by atoms with E-state index in [1.807, 2.05) is 0 Å². The lowest BCUT2D eigenvalue weighted by molar-refractivity contribution is -0.136. The summed E-state index contributed by atoms with van der Waals surface area (Å²) in [6.45, 7) is 3.88. The first-order valence-electron chi connectivity index (χ1n) is 7.85. The second kappa shape index (κ2) is 9.98. The van der Waals surface area contributed by atoms with Gasteiger partial charge in [0.15, 0.2) is 0 Å². The van der Waals surface area contributed by atoms with Crippen molar-refractivity contribution in [2.24, 2.45) is 5.10 Å². The first kappa shape index (κ1) is 20.0. The molecule has 0 fully saturated rings. The molecule has 0 heterocycles. The van der Waals surface area contributed by atoms with Gasteiger partial charge in [0.2, 0.25) is 0 Å². The van der Waals surface area contributed by atoms with Crippen molar-refractivity contribution in [3.05, 3.63) is 65.7 Å². The molecule has 8 heteroatoms. The molecule has 0 saturated heterocycles. The first-order valence-corrected chi connectivity index (χ1v) is 8.23.